The minimum Gasteiger partial charge on any atom is -0.550 e. The molecule has 0 amide bonds. The molecule has 1 aliphatic carbocycles. The highest BCUT2D eigenvalue weighted by Gasteiger charge is 2.45. The first-order chi connectivity index (χ1) is 15.7. The van der Waals surface area contributed by atoms with Crippen LogP contribution in [0.25, 0.3) is 0 Å². The Hall–Kier alpha value is -0.810. The van der Waals surface area contributed by atoms with Crippen molar-refractivity contribution in [2.24, 2.45) is 17.8 Å². The molecule has 0 aromatic heterocycles. The monoisotopic (exact) mass is 452 g/mol. The summed E-state index contributed by atoms with van der Waals surface area (Å²) in [5, 5.41) is 17.5. The molecule has 0 bridgehead atoms. The number of hydrogen-bond acceptors (Lipinski definition) is 7. The van der Waals surface area contributed by atoms with E-state index in [0.29, 0.717) is 24.0 Å². The maximum Gasteiger partial charge on any atom is 0.183 e. The largest absolute Gasteiger partial charge is 0.550 e. The first-order valence-corrected chi connectivity index (χ1v) is 13.0. The number of carboxylic acids is 1. The van der Waals surface area contributed by atoms with E-state index < -0.39 is 5.97 Å². The van der Waals surface area contributed by atoms with Gasteiger partial charge in [0.05, 0.1) is 39.0 Å². The third kappa shape index (κ3) is 5.29. The maximum absolute atomic E-state index is 11.1. The van der Waals surface area contributed by atoms with Gasteiger partial charge in [-0.3, -0.25) is 10.2 Å². The van der Waals surface area contributed by atoms with Gasteiger partial charge < -0.3 is 24.9 Å². The molecule has 1 saturated carbocycles. The zero-order valence-electron chi connectivity index (χ0n) is 19.3. The second-order valence-corrected chi connectivity index (χ2v) is 10.7. The van der Waals surface area contributed by atoms with E-state index in [1.807, 2.05) is 0 Å². The highest BCUT2D eigenvalue weighted by molar-refractivity contribution is 5.67. The van der Waals surface area contributed by atoms with E-state index in [9.17, 15) is 9.90 Å². The van der Waals surface area contributed by atoms with Crippen LogP contribution in [0.3, 0.4) is 0 Å². The zero-order valence-corrected chi connectivity index (χ0v) is 19.3. The zero-order chi connectivity index (χ0) is 21.9. The van der Waals surface area contributed by atoms with Crippen LogP contribution < -0.4 is 26.1 Å². The van der Waals surface area contributed by atoms with Crippen LogP contribution in [-0.2, 0) is 14.4 Å². The molecule has 5 aliphatic rings. The van der Waals surface area contributed by atoms with Gasteiger partial charge in [-0.15, -0.1) is 0 Å². The number of carbonyl (C=O) groups is 1. The van der Waals surface area contributed by atoms with Crippen molar-refractivity contribution in [1.29, 1.82) is 0 Å². The quantitative estimate of drug-likeness (QED) is 0.340. The van der Waals surface area contributed by atoms with Crippen LogP contribution in [0.2, 0.25) is 0 Å². The number of aliphatic carboxylic acids is 1. The summed E-state index contributed by atoms with van der Waals surface area (Å²) >= 11 is 0. The van der Waals surface area contributed by atoms with Crippen molar-refractivity contribution in [3.63, 3.8) is 0 Å². The molecule has 4 aliphatic heterocycles. The fourth-order valence-corrected chi connectivity index (χ4v) is 6.89. The van der Waals surface area contributed by atoms with Gasteiger partial charge in [0.1, 0.15) is 12.2 Å². The summed E-state index contributed by atoms with van der Waals surface area (Å²) in [7, 11) is 0. The van der Waals surface area contributed by atoms with Crippen LogP contribution in [0.1, 0.15) is 51.4 Å². The fourth-order valence-electron chi connectivity index (χ4n) is 6.89. The molecule has 0 aromatic carbocycles. The third-order valence-electron chi connectivity index (χ3n) is 8.81. The molecule has 182 valence electrons. The molecular weight excluding hydrogens is 410 g/mol. The van der Waals surface area contributed by atoms with Crippen molar-refractivity contribution in [1.82, 2.24) is 15.7 Å². The van der Waals surface area contributed by atoms with E-state index in [0.717, 1.165) is 58.5 Å². The van der Waals surface area contributed by atoms with Crippen molar-refractivity contribution >= 4 is 5.97 Å². The predicted octanol–water partition coefficient (Wildman–Crippen LogP) is -3.00. The van der Waals surface area contributed by atoms with E-state index in [-0.39, 0.29) is 18.3 Å². The van der Waals surface area contributed by atoms with E-state index in [1.165, 1.54) is 38.8 Å². The summed E-state index contributed by atoms with van der Waals surface area (Å²) < 4.78 is 5.54. The molecule has 4 saturated heterocycles. The van der Waals surface area contributed by atoms with Gasteiger partial charge in [0, 0.05) is 56.6 Å². The molecule has 0 radical (unpaired) electrons. The van der Waals surface area contributed by atoms with Crippen LogP contribution in [-0.4, -0.2) is 81.4 Å². The van der Waals surface area contributed by atoms with Crippen LogP contribution in [0.5, 0.6) is 0 Å². The maximum atomic E-state index is 11.1. The molecule has 4 heterocycles. The first kappa shape index (κ1) is 23.0. The number of hydroxylamine groups is 1. The predicted molar refractivity (Wildman–Crippen MR) is 115 cm³/mol. The SMILES string of the molecule is O=C([O-])C1CCC(C[NH+]2CCC[C@H]2C2NC(C3CC[NH2+]C(N4CCOCC4)C3)NO2)CC1. The minimum atomic E-state index is -0.855. The smallest absolute Gasteiger partial charge is 0.183 e. The summed E-state index contributed by atoms with van der Waals surface area (Å²) in [5.74, 6) is 0.137. The van der Waals surface area contributed by atoms with Crippen molar-refractivity contribution in [3.8, 4) is 0 Å². The lowest BCUT2D eigenvalue weighted by molar-refractivity contribution is -0.919. The van der Waals surface area contributed by atoms with Gasteiger partial charge >= 0.3 is 0 Å². The third-order valence-corrected chi connectivity index (χ3v) is 8.81. The Morgan fingerprint density at radius 2 is 1.94 bits per heavy atom. The van der Waals surface area contributed by atoms with Gasteiger partial charge in [0.2, 0.25) is 0 Å². The van der Waals surface area contributed by atoms with Crippen LogP contribution in [0.15, 0.2) is 0 Å². The lowest BCUT2D eigenvalue weighted by atomic mass is 9.82. The van der Waals surface area contributed by atoms with Gasteiger partial charge in [-0.05, 0) is 31.6 Å². The highest BCUT2D eigenvalue weighted by atomic mass is 16.7. The van der Waals surface area contributed by atoms with Crippen LogP contribution in [0, 0.1) is 17.8 Å². The average Bonchev–Trinajstić information content (AvgIpc) is 3.50. The van der Waals surface area contributed by atoms with E-state index >= 15 is 0 Å². The van der Waals surface area contributed by atoms with Crippen molar-refractivity contribution in [2.75, 3.05) is 45.9 Å². The number of carbonyl (C=O) groups excluding carboxylic acids is 1. The number of piperidine rings is 1. The Morgan fingerprint density at radius 3 is 2.72 bits per heavy atom. The lowest BCUT2D eigenvalue weighted by Gasteiger charge is -2.38. The number of ether oxygens (including phenoxy) is 1. The first-order valence-electron chi connectivity index (χ1n) is 13.0. The Labute approximate surface area is 191 Å². The Bertz CT molecular complexity index is 626. The number of nitrogens with zero attached hydrogens (tertiary/aromatic N) is 1. The molecule has 5 N–H and O–H groups in total. The molecule has 32 heavy (non-hydrogen) atoms. The number of quaternary nitrogens is 2. The Morgan fingerprint density at radius 1 is 1.12 bits per heavy atom. The number of nitrogens with one attached hydrogen (secondary N) is 3. The second-order valence-electron chi connectivity index (χ2n) is 10.7. The summed E-state index contributed by atoms with van der Waals surface area (Å²) in [4.78, 5) is 21.5. The summed E-state index contributed by atoms with van der Waals surface area (Å²) in [6.45, 7) is 7.33. The van der Waals surface area contributed by atoms with E-state index in [4.69, 9.17) is 9.57 Å². The lowest BCUT2D eigenvalue weighted by Crippen LogP contribution is -3.15. The van der Waals surface area contributed by atoms with Crippen molar-refractivity contribution in [3.05, 3.63) is 0 Å². The standard InChI is InChI=1S/C23H41N5O4/c29-23(30)17-5-3-16(4-6-17)15-28-9-1-2-19(28)22-25-21(26-32-22)18-7-8-24-20(14-18)27-10-12-31-13-11-27/h16-22,24-26H,1-15H2,(H,29,30)/p+1/t16?,17?,18?,19-,20?,21?,22?/m0/s1. The molecular formula is C23H42N5O4+. The Kier molecular flexibility index (Phi) is 7.63. The molecule has 0 spiro atoms. The molecule has 6 atom stereocenters. The Balaban J connectivity index is 1.11. The van der Waals surface area contributed by atoms with Gasteiger partial charge in [-0.2, -0.15) is 5.48 Å². The van der Waals surface area contributed by atoms with Crippen LogP contribution >= 0.6 is 0 Å². The van der Waals surface area contributed by atoms with Gasteiger partial charge in [0.15, 0.2) is 6.23 Å². The second kappa shape index (κ2) is 10.6. The summed E-state index contributed by atoms with van der Waals surface area (Å²) in [5.41, 5.74) is 3.37. The molecule has 9 heteroatoms. The number of hydrogen-bond donors (Lipinski definition) is 4. The molecule has 5 fully saturated rings. The molecule has 5 unspecified atom stereocenters. The van der Waals surface area contributed by atoms with E-state index in [1.54, 1.807) is 4.90 Å². The van der Waals surface area contributed by atoms with Crippen LogP contribution in [0.4, 0.5) is 0 Å². The number of morpholine rings is 1. The summed E-state index contributed by atoms with van der Waals surface area (Å²) in [6, 6.07) is 0.483. The number of nitrogens with two attached hydrogens (primary N) is 1. The highest BCUT2D eigenvalue weighted by Crippen LogP contribution is 2.28. The van der Waals surface area contributed by atoms with Gasteiger partial charge in [-0.1, -0.05) is 0 Å². The molecule has 0 aromatic rings. The van der Waals surface area contributed by atoms with Gasteiger partial charge in [0.25, 0.3) is 0 Å². The fraction of sp³-hybridized carbons (Fsp3) is 0.957. The summed E-state index contributed by atoms with van der Waals surface area (Å²) in [6.07, 6.45) is 9.34. The van der Waals surface area contributed by atoms with Crippen molar-refractivity contribution < 1.29 is 29.7 Å². The topological polar surface area (TPSA) is 107 Å². The average molecular weight is 453 g/mol. The number of carboxylic acid groups (broad SMARTS) is 1. The van der Waals surface area contributed by atoms with Gasteiger partial charge in [-0.25, -0.2) is 4.90 Å². The minimum absolute atomic E-state index is 0.0739. The van der Waals surface area contributed by atoms with Crippen molar-refractivity contribution in [2.45, 2.75) is 76.0 Å². The molecule has 5 rings (SSSR count). The number of likely N-dealkylation sites (tertiary alicyclic amines) is 1. The van der Waals surface area contributed by atoms with E-state index in [2.05, 4.69) is 21.0 Å². The normalized spacial score (nSPS) is 44.0. The number of rotatable bonds is 6. The molecule has 9 nitrogen and oxygen atoms in total.